The van der Waals surface area contributed by atoms with Crippen molar-refractivity contribution in [2.75, 3.05) is 0 Å². The third kappa shape index (κ3) is 4.99. The summed E-state index contributed by atoms with van der Waals surface area (Å²) in [5.41, 5.74) is 1.77. The van der Waals surface area contributed by atoms with Gasteiger partial charge in [0.05, 0.1) is 0 Å². The zero-order chi connectivity index (χ0) is 13.2. The van der Waals surface area contributed by atoms with Gasteiger partial charge in [0, 0.05) is 12.6 Å². The summed E-state index contributed by atoms with van der Waals surface area (Å²) >= 11 is 0. The second kappa shape index (κ2) is 8.84. The molecule has 1 rings (SSSR count). The van der Waals surface area contributed by atoms with Crippen LogP contribution in [0.1, 0.15) is 74.8 Å². The van der Waals surface area contributed by atoms with Gasteiger partial charge in [0.2, 0.25) is 0 Å². The van der Waals surface area contributed by atoms with Crippen LogP contribution in [0.5, 0.6) is 0 Å². The molecule has 2 nitrogen and oxygen atoms in total. The first-order valence-corrected chi connectivity index (χ1v) is 7.26. The molecule has 1 aromatic rings. The SMILES string of the molecule is CCCCCCCCC(=O)c1ncccc1CC. The summed E-state index contributed by atoms with van der Waals surface area (Å²) in [5, 5.41) is 0. The molecule has 0 bridgehead atoms. The van der Waals surface area contributed by atoms with Gasteiger partial charge in [0.1, 0.15) is 5.69 Å². The Morgan fingerprint density at radius 2 is 1.83 bits per heavy atom. The lowest BCUT2D eigenvalue weighted by atomic mass is 10.0. The van der Waals surface area contributed by atoms with Gasteiger partial charge in [-0.3, -0.25) is 9.78 Å². The van der Waals surface area contributed by atoms with Crippen molar-refractivity contribution in [1.82, 2.24) is 4.98 Å². The zero-order valence-corrected chi connectivity index (χ0v) is 11.7. The molecule has 0 atom stereocenters. The van der Waals surface area contributed by atoms with Gasteiger partial charge in [-0.2, -0.15) is 0 Å². The topological polar surface area (TPSA) is 30.0 Å². The fraction of sp³-hybridized carbons (Fsp3) is 0.625. The van der Waals surface area contributed by atoms with E-state index in [1.54, 1.807) is 6.20 Å². The number of ketones is 1. The summed E-state index contributed by atoms with van der Waals surface area (Å²) in [6.45, 7) is 4.29. The molecule has 0 aliphatic heterocycles. The first-order chi connectivity index (χ1) is 8.79. The predicted octanol–water partition coefficient (Wildman–Crippen LogP) is 4.58. The number of carbonyl (C=O) groups is 1. The number of pyridine rings is 1. The number of hydrogen-bond donors (Lipinski definition) is 0. The summed E-state index contributed by atoms with van der Waals surface area (Å²) in [6.07, 6.45) is 10.6. The highest BCUT2D eigenvalue weighted by molar-refractivity contribution is 5.95. The largest absolute Gasteiger partial charge is 0.292 e. The van der Waals surface area contributed by atoms with Crippen LogP contribution in [-0.4, -0.2) is 10.8 Å². The lowest BCUT2D eigenvalue weighted by Crippen LogP contribution is -2.06. The Morgan fingerprint density at radius 3 is 2.56 bits per heavy atom. The number of unbranched alkanes of at least 4 members (excludes halogenated alkanes) is 5. The third-order valence-corrected chi connectivity index (χ3v) is 3.29. The molecule has 0 N–H and O–H groups in total. The summed E-state index contributed by atoms with van der Waals surface area (Å²) in [6, 6.07) is 3.90. The van der Waals surface area contributed by atoms with Crippen molar-refractivity contribution in [1.29, 1.82) is 0 Å². The lowest BCUT2D eigenvalue weighted by molar-refractivity contribution is 0.0973. The van der Waals surface area contributed by atoms with Crippen LogP contribution in [0.25, 0.3) is 0 Å². The normalized spacial score (nSPS) is 10.6. The molecule has 1 aromatic heterocycles. The molecule has 2 heteroatoms. The highest BCUT2D eigenvalue weighted by atomic mass is 16.1. The predicted molar refractivity (Wildman–Crippen MR) is 75.9 cm³/mol. The summed E-state index contributed by atoms with van der Waals surface area (Å²) in [7, 11) is 0. The highest BCUT2D eigenvalue weighted by Gasteiger charge is 2.10. The maximum atomic E-state index is 12.1. The number of hydrogen-bond acceptors (Lipinski definition) is 2. The molecule has 0 amide bonds. The average molecular weight is 247 g/mol. The van der Waals surface area contributed by atoms with E-state index in [0.29, 0.717) is 12.1 Å². The van der Waals surface area contributed by atoms with Gasteiger partial charge in [-0.05, 0) is 24.5 Å². The number of Topliss-reactive ketones (excluding diaryl/α,β-unsaturated/α-hetero) is 1. The van der Waals surface area contributed by atoms with Crippen LogP contribution >= 0.6 is 0 Å². The Morgan fingerprint density at radius 1 is 1.11 bits per heavy atom. The highest BCUT2D eigenvalue weighted by Crippen LogP contribution is 2.13. The second-order valence-electron chi connectivity index (χ2n) is 4.81. The van der Waals surface area contributed by atoms with Gasteiger partial charge in [-0.15, -0.1) is 0 Å². The zero-order valence-electron chi connectivity index (χ0n) is 11.7. The number of rotatable bonds is 9. The van der Waals surface area contributed by atoms with Gasteiger partial charge < -0.3 is 0 Å². The molecule has 0 radical (unpaired) electrons. The summed E-state index contributed by atoms with van der Waals surface area (Å²) in [4.78, 5) is 16.3. The maximum Gasteiger partial charge on any atom is 0.181 e. The number of carbonyl (C=O) groups excluding carboxylic acids is 1. The number of nitrogens with zero attached hydrogens (tertiary/aromatic N) is 1. The molecule has 0 fully saturated rings. The minimum Gasteiger partial charge on any atom is -0.292 e. The molecule has 0 saturated carbocycles. The van der Waals surface area contributed by atoms with E-state index in [1.807, 2.05) is 12.1 Å². The second-order valence-corrected chi connectivity index (χ2v) is 4.81. The fourth-order valence-electron chi connectivity index (χ4n) is 2.16. The Hall–Kier alpha value is -1.18. The van der Waals surface area contributed by atoms with E-state index in [0.717, 1.165) is 18.4 Å². The molecule has 0 unspecified atom stereocenters. The lowest BCUT2D eigenvalue weighted by Gasteiger charge is -2.05. The summed E-state index contributed by atoms with van der Waals surface area (Å²) in [5.74, 6) is 0.211. The molecule has 0 spiro atoms. The van der Waals surface area contributed by atoms with E-state index < -0.39 is 0 Å². The Balaban J connectivity index is 2.32. The smallest absolute Gasteiger partial charge is 0.181 e. The minimum absolute atomic E-state index is 0.211. The number of aryl methyl sites for hydroxylation is 1. The summed E-state index contributed by atoms with van der Waals surface area (Å²) < 4.78 is 0. The van der Waals surface area contributed by atoms with Crippen molar-refractivity contribution in [2.24, 2.45) is 0 Å². The molecule has 0 aromatic carbocycles. The van der Waals surface area contributed by atoms with Crippen molar-refractivity contribution >= 4 is 5.78 Å². The van der Waals surface area contributed by atoms with Crippen molar-refractivity contribution < 1.29 is 4.79 Å². The van der Waals surface area contributed by atoms with E-state index in [1.165, 1.54) is 32.1 Å². The first kappa shape index (κ1) is 14.9. The van der Waals surface area contributed by atoms with E-state index in [4.69, 9.17) is 0 Å². The Labute approximate surface area is 111 Å². The molecular weight excluding hydrogens is 222 g/mol. The Kier molecular flexibility index (Phi) is 7.31. The standard InChI is InChI=1S/C16H25NO/c1-3-5-6-7-8-9-12-15(18)16-14(4-2)11-10-13-17-16/h10-11,13H,3-9,12H2,1-2H3. The number of aromatic nitrogens is 1. The van der Waals surface area contributed by atoms with Crippen LogP contribution in [0, 0.1) is 0 Å². The molecule has 1 heterocycles. The van der Waals surface area contributed by atoms with Crippen LogP contribution in [-0.2, 0) is 6.42 Å². The van der Waals surface area contributed by atoms with Crippen molar-refractivity contribution in [2.45, 2.75) is 65.2 Å². The molecular formula is C16H25NO. The van der Waals surface area contributed by atoms with Gasteiger partial charge in [0.25, 0.3) is 0 Å². The maximum absolute atomic E-state index is 12.1. The Bertz CT molecular complexity index is 360. The molecule has 100 valence electrons. The quantitative estimate of drug-likeness (QED) is 0.472. The molecule has 0 aliphatic carbocycles. The molecule has 0 saturated heterocycles. The fourth-order valence-corrected chi connectivity index (χ4v) is 2.16. The van der Waals surface area contributed by atoms with Crippen LogP contribution in [0.2, 0.25) is 0 Å². The van der Waals surface area contributed by atoms with Gasteiger partial charge in [-0.25, -0.2) is 0 Å². The van der Waals surface area contributed by atoms with Crippen LogP contribution < -0.4 is 0 Å². The third-order valence-electron chi connectivity index (χ3n) is 3.29. The first-order valence-electron chi connectivity index (χ1n) is 7.26. The van der Waals surface area contributed by atoms with Crippen molar-refractivity contribution in [3.05, 3.63) is 29.6 Å². The van der Waals surface area contributed by atoms with Gasteiger partial charge in [-0.1, -0.05) is 52.0 Å². The van der Waals surface area contributed by atoms with Crippen molar-refractivity contribution in [3.8, 4) is 0 Å². The average Bonchev–Trinajstić information content (AvgIpc) is 2.42. The van der Waals surface area contributed by atoms with E-state index in [2.05, 4.69) is 18.8 Å². The van der Waals surface area contributed by atoms with E-state index >= 15 is 0 Å². The van der Waals surface area contributed by atoms with Gasteiger partial charge in [0.15, 0.2) is 5.78 Å². The van der Waals surface area contributed by atoms with Crippen LogP contribution in [0.3, 0.4) is 0 Å². The van der Waals surface area contributed by atoms with Crippen LogP contribution in [0.4, 0.5) is 0 Å². The molecule has 18 heavy (non-hydrogen) atoms. The minimum atomic E-state index is 0.211. The van der Waals surface area contributed by atoms with E-state index in [-0.39, 0.29) is 5.78 Å². The van der Waals surface area contributed by atoms with E-state index in [9.17, 15) is 4.79 Å². The van der Waals surface area contributed by atoms with Crippen molar-refractivity contribution in [3.63, 3.8) is 0 Å². The molecule has 0 aliphatic rings. The monoisotopic (exact) mass is 247 g/mol. The van der Waals surface area contributed by atoms with Crippen LogP contribution in [0.15, 0.2) is 18.3 Å². The van der Waals surface area contributed by atoms with Gasteiger partial charge >= 0.3 is 0 Å².